The van der Waals surface area contributed by atoms with Gasteiger partial charge in [0.1, 0.15) is 11.5 Å². The minimum absolute atomic E-state index is 0.237. The molecule has 0 saturated heterocycles. The van der Waals surface area contributed by atoms with Crippen LogP contribution in [-0.4, -0.2) is 28.2 Å². The quantitative estimate of drug-likeness (QED) is 0.763. The Morgan fingerprint density at radius 3 is 2.77 bits per heavy atom. The van der Waals surface area contributed by atoms with E-state index in [9.17, 15) is 4.79 Å². The van der Waals surface area contributed by atoms with E-state index in [4.69, 9.17) is 10.2 Å². The van der Waals surface area contributed by atoms with Crippen LogP contribution in [0.1, 0.15) is 43.4 Å². The monoisotopic (exact) mass is 304 g/mol. The van der Waals surface area contributed by atoms with Crippen LogP contribution in [0.4, 0.5) is 0 Å². The second-order valence-corrected chi connectivity index (χ2v) is 6.39. The maximum Gasteiger partial charge on any atom is 0.272 e. The predicted octanol–water partition coefficient (Wildman–Crippen LogP) is 2.47. The predicted molar refractivity (Wildman–Crippen MR) is 85.4 cm³/mol. The lowest BCUT2D eigenvalue weighted by atomic mass is 9.90. The number of aromatic amines is 1. The highest BCUT2D eigenvalue weighted by atomic mass is 16.3. The number of rotatable bonds is 6. The van der Waals surface area contributed by atoms with Crippen LogP contribution in [0.5, 0.6) is 0 Å². The lowest BCUT2D eigenvalue weighted by Gasteiger charge is -2.30. The SMILES string of the molecule is Cc1ccc(-c2cc(C(=O)NC(C)(CN)CC(C)C)n[nH]2)o1. The zero-order chi connectivity index (χ0) is 16.3. The number of nitrogens with one attached hydrogen (secondary N) is 2. The van der Waals surface area contributed by atoms with Gasteiger partial charge in [-0.1, -0.05) is 13.8 Å². The average Bonchev–Trinajstić information content (AvgIpc) is 3.06. The number of carbonyl (C=O) groups is 1. The van der Waals surface area contributed by atoms with E-state index in [1.54, 1.807) is 6.07 Å². The number of aromatic nitrogens is 2. The van der Waals surface area contributed by atoms with Gasteiger partial charge >= 0.3 is 0 Å². The van der Waals surface area contributed by atoms with Gasteiger partial charge in [-0.3, -0.25) is 9.89 Å². The first-order valence-electron chi connectivity index (χ1n) is 7.48. The average molecular weight is 304 g/mol. The van der Waals surface area contributed by atoms with Crippen molar-refractivity contribution in [1.29, 1.82) is 0 Å². The largest absolute Gasteiger partial charge is 0.460 e. The Labute approximate surface area is 130 Å². The molecule has 2 rings (SSSR count). The van der Waals surface area contributed by atoms with Crippen molar-refractivity contribution in [3.63, 3.8) is 0 Å². The highest BCUT2D eigenvalue weighted by Crippen LogP contribution is 2.21. The van der Waals surface area contributed by atoms with E-state index in [0.717, 1.165) is 12.2 Å². The van der Waals surface area contributed by atoms with Crippen molar-refractivity contribution < 1.29 is 9.21 Å². The van der Waals surface area contributed by atoms with Crippen molar-refractivity contribution in [3.8, 4) is 11.5 Å². The van der Waals surface area contributed by atoms with Gasteiger partial charge in [0.05, 0.1) is 5.54 Å². The van der Waals surface area contributed by atoms with Gasteiger partial charge in [-0.15, -0.1) is 0 Å². The second kappa shape index (κ2) is 6.36. The number of nitrogens with zero attached hydrogens (tertiary/aromatic N) is 1. The van der Waals surface area contributed by atoms with Crippen molar-refractivity contribution >= 4 is 5.91 Å². The summed E-state index contributed by atoms with van der Waals surface area (Å²) in [4.78, 5) is 12.4. The van der Waals surface area contributed by atoms with Crippen LogP contribution in [0.2, 0.25) is 0 Å². The fourth-order valence-electron chi connectivity index (χ4n) is 2.57. The summed E-state index contributed by atoms with van der Waals surface area (Å²) in [6.07, 6.45) is 0.809. The molecule has 0 saturated carbocycles. The molecule has 6 heteroatoms. The van der Waals surface area contributed by atoms with E-state index in [0.29, 0.717) is 29.6 Å². The molecule has 0 aliphatic carbocycles. The Hall–Kier alpha value is -2.08. The maximum atomic E-state index is 12.4. The molecule has 0 aliphatic heterocycles. The molecule has 0 radical (unpaired) electrons. The number of H-pyrrole nitrogens is 1. The van der Waals surface area contributed by atoms with Gasteiger partial charge in [-0.05, 0) is 38.3 Å². The number of aryl methyl sites for hydroxylation is 1. The highest BCUT2D eigenvalue weighted by Gasteiger charge is 2.27. The fourth-order valence-corrected chi connectivity index (χ4v) is 2.57. The molecular weight excluding hydrogens is 280 g/mol. The minimum Gasteiger partial charge on any atom is -0.460 e. The zero-order valence-electron chi connectivity index (χ0n) is 13.6. The van der Waals surface area contributed by atoms with Gasteiger partial charge in [0, 0.05) is 12.6 Å². The molecule has 0 aliphatic rings. The van der Waals surface area contributed by atoms with E-state index in [1.807, 2.05) is 26.0 Å². The van der Waals surface area contributed by atoms with Crippen molar-refractivity contribution in [2.24, 2.45) is 11.7 Å². The molecule has 0 spiro atoms. The molecule has 0 fully saturated rings. The molecule has 0 aromatic carbocycles. The molecule has 6 nitrogen and oxygen atoms in total. The van der Waals surface area contributed by atoms with E-state index in [2.05, 4.69) is 29.4 Å². The van der Waals surface area contributed by atoms with Crippen LogP contribution in [0.25, 0.3) is 11.5 Å². The smallest absolute Gasteiger partial charge is 0.272 e. The van der Waals surface area contributed by atoms with Crippen LogP contribution < -0.4 is 11.1 Å². The van der Waals surface area contributed by atoms with Gasteiger partial charge in [0.15, 0.2) is 11.5 Å². The van der Waals surface area contributed by atoms with E-state index in [1.165, 1.54) is 0 Å². The minimum atomic E-state index is -0.439. The van der Waals surface area contributed by atoms with Gasteiger partial charge in [0.25, 0.3) is 5.91 Å². The summed E-state index contributed by atoms with van der Waals surface area (Å²) in [5, 5.41) is 9.87. The van der Waals surface area contributed by atoms with Crippen LogP contribution in [0, 0.1) is 12.8 Å². The van der Waals surface area contributed by atoms with Crippen LogP contribution in [0.15, 0.2) is 22.6 Å². The second-order valence-electron chi connectivity index (χ2n) is 6.39. The fraction of sp³-hybridized carbons (Fsp3) is 0.500. The summed E-state index contributed by atoms with van der Waals surface area (Å²) in [5.74, 6) is 1.67. The summed E-state index contributed by atoms with van der Waals surface area (Å²) in [6.45, 7) is 8.41. The number of nitrogens with two attached hydrogens (primary N) is 1. The molecule has 1 atom stereocenters. The zero-order valence-corrected chi connectivity index (χ0v) is 13.6. The van der Waals surface area contributed by atoms with Crippen molar-refractivity contribution in [1.82, 2.24) is 15.5 Å². The van der Waals surface area contributed by atoms with Crippen molar-refractivity contribution in [2.75, 3.05) is 6.54 Å². The summed E-state index contributed by atoms with van der Waals surface area (Å²) in [5.41, 5.74) is 6.39. The Bertz CT molecular complexity index is 644. The topological polar surface area (TPSA) is 96.9 Å². The highest BCUT2D eigenvalue weighted by molar-refractivity contribution is 5.93. The summed E-state index contributed by atoms with van der Waals surface area (Å²) < 4.78 is 5.51. The van der Waals surface area contributed by atoms with Gasteiger partial charge in [-0.25, -0.2) is 0 Å². The first-order chi connectivity index (χ1) is 10.3. The molecular formula is C16H24N4O2. The number of hydrogen-bond acceptors (Lipinski definition) is 4. The molecule has 1 amide bonds. The number of hydrogen-bond donors (Lipinski definition) is 3. The Morgan fingerprint density at radius 1 is 1.50 bits per heavy atom. The lowest BCUT2D eigenvalue weighted by molar-refractivity contribution is 0.0893. The molecule has 2 aromatic rings. The third-order valence-corrected chi connectivity index (χ3v) is 3.54. The number of carbonyl (C=O) groups excluding carboxylic acids is 1. The normalized spacial score (nSPS) is 14.1. The molecule has 4 N–H and O–H groups in total. The van der Waals surface area contributed by atoms with Crippen LogP contribution in [0.3, 0.4) is 0 Å². The molecule has 120 valence electrons. The third-order valence-electron chi connectivity index (χ3n) is 3.54. The van der Waals surface area contributed by atoms with Gasteiger partial charge < -0.3 is 15.5 Å². The molecule has 1 unspecified atom stereocenters. The summed E-state index contributed by atoms with van der Waals surface area (Å²) in [6, 6.07) is 5.39. The lowest BCUT2D eigenvalue weighted by Crippen LogP contribution is -2.52. The summed E-state index contributed by atoms with van der Waals surface area (Å²) in [7, 11) is 0. The molecule has 0 bridgehead atoms. The molecule has 2 aromatic heterocycles. The van der Waals surface area contributed by atoms with E-state index < -0.39 is 5.54 Å². The standard InChI is InChI=1S/C16H24N4O2/c1-10(2)8-16(4,9-17)18-15(21)13-7-12(19-20-13)14-6-5-11(3)22-14/h5-7,10H,8-9,17H2,1-4H3,(H,18,21)(H,19,20). The van der Waals surface area contributed by atoms with Crippen molar-refractivity contribution in [2.45, 2.75) is 39.7 Å². The summed E-state index contributed by atoms with van der Waals surface area (Å²) >= 11 is 0. The Morgan fingerprint density at radius 2 is 2.23 bits per heavy atom. The first kappa shape index (κ1) is 16.3. The number of amides is 1. The van der Waals surface area contributed by atoms with Crippen LogP contribution in [-0.2, 0) is 0 Å². The Kier molecular flexibility index (Phi) is 4.71. The third kappa shape index (κ3) is 3.76. The number of furan rings is 1. The van der Waals surface area contributed by atoms with Crippen molar-refractivity contribution in [3.05, 3.63) is 29.7 Å². The molecule has 22 heavy (non-hydrogen) atoms. The van der Waals surface area contributed by atoms with E-state index >= 15 is 0 Å². The first-order valence-corrected chi connectivity index (χ1v) is 7.48. The molecule has 2 heterocycles. The maximum absolute atomic E-state index is 12.4. The van der Waals surface area contributed by atoms with E-state index in [-0.39, 0.29) is 5.91 Å². The van der Waals surface area contributed by atoms with Crippen LogP contribution >= 0.6 is 0 Å². The van der Waals surface area contributed by atoms with Gasteiger partial charge in [-0.2, -0.15) is 5.10 Å². The Balaban J connectivity index is 2.11. The van der Waals surface area contributed by atoms with Gasteiger partial charge in [0.2, 0.25) is 0 Å².